The summed E-state index contributed by atoms with van der Waals surface area (Å²) in [7, 11) is 0. The highest BCUT2D eigenvalue weighted by Gasteiger charge is 2.32. The first kappa shape index (κ1) is 11.2. The number of piperidine rings is 1. The molecule has 1 fully saturated rings. The number of benzene rings is 1. The fraction of sp³-hybridized carbons (Fsp3) is 0.429. The first-order valence-electron chi connectivity index (χ1n) is 6.12. The zero-order valence-electron chi connectivity index (χ0n) is 9.71. The Hall–Kier alpha value is -0.930. The number of alkyl halides is 1. The quantitative estimate of drug-likeness (QED) is 0.858. The minimum absolute atomic E-state index is 0.568. The Kier molecular flexibility index (Phi) is 2.89. The number of hydrogen-bond donors (Lipinski definition) is 1. The molecular weight excluding hydrogens is 233 g/mol. The smallest absolute Gasteiger partial charge is 0.117 e. The molecule has 0 spiro atoms. The lowest BCUT2D eigenvalue weighted by molar-refractivity contribution is 0.117. The first-order chi connectivity index (χ1) is 8.27. The number of hydrogen-bond acceptors (Lipinski definition) is 2. The molecule has 17 heavy (non-hydrogen) atoms. The van der Waals surface area contributed by atoms with Crippen LogP contribution in [-0.4, -0.2) is 18.8 Å². The van der Waals surface area contributed by atoms with Crippen molar-refractivity contribution >= 4 is 21.4 Å². The van der Waals surface area contributed by atoms with E-state index in [4.69, 9.17) is 0 Å². The maximum absolute atomic E-state index is 14.6. The van der Waals surface area contributed by atoms with Gasteiger partial charge in [0, 0.05) is 11.1 Å². The summed E-state index contributed by atoms with van der Waals surface area (Å²) in [6, 6.07) is 8.28. The first-order valence-corrected chi connectivity index (χ1v) is 7.00. The van der Waals surface area contributed by atoms with Gasteiger partial charge >= 0.3 is 0 Å². The van der Waals surface area contributed by atoms with Gasteiger partial charge in [-0.05, 0) is 48.3 Å². The topological polar surface area (TPSA) is 12.0 Å². The summed E-state index contributed by atoms with van der Waals surface area (Å²) >= 11 is 1.72. The molecule has 1 aromatic carbocycles. The number of fused-ring (bicyclic) bond motifs is 1. The van der Waals surface area contributed by atoms with E-state index >= 15 is 0 Å². The third kappa shape index (κ3) is 2.22. The Labute approximate surface area is 105 Å². The van der Waals surface area contributed by atoms with Crippen molar-refractivity contribution in [3.8, 4) is 0 Å². The van der Waals surface area contributed by atoms with Crippen molar-refractivity contribution in [2.45, 2.75) is 24.9 Å². The van der Waals surface area contributed by atoms with E-state index in [9.17, 15) is 4.39 Å². The second-order valence-corrected chi connectivity index (χ2v) is 5.75. The van der Waals surface area contributed by atoms with Crippen LogP contribution in [-0.2, 0) is 6.42 Å². The summed E-state index contributed by atoms with van der Waals surface area (Å²) in [5, 5.41) is 6.57. The predicted octanol–water partition coefficient (Wildman–Crippen LogP) is 3.54. The molecule has 3 rings (SSSR count). The van der Waals surface area contributed by atoms with E-state index in [1.165, 1.54) is 15.6 Å². The number of nitrogens with one attached hydrogen (secondary N) is 1. The highest BCUT2D eigenvalue weighted by molar-refractivity contribution is 7.17. The Balaban J connectivity index is 1.89. The Morgan fingerprint density at radius 1 is 1.24 bits per heavy atom. The summed E-state index contributed by atoms with van der Waals surface area (Å²) in [6.07, 6.45) is 1.84. The third-order valence-corrected chi connectivity index (χ3v) is 4.58. The average molecular weight is 249 g/mol. The van der Waals surface area contributed by atoms with Crippen molar-refractivity contribution in [1.82, 2.24) is 5.32 Å². The number of rotatable bonds is 2. The fourth-order valence-corrected chi connectivity index (χ4v) is 3.53. The van der Waals surface area contributed by atoms with Crippen LogP contribution in [0.2, 0.25) is 0 Å². The van der Waals surface area contributed by atoms with Crippen LogP contribution in [0.25, 0.3) is 10.1 Å². The van der Waals surface area contributed by atoms with Crippen molar-refractivity contribution in [2.24, 2.45) is 0 Å². The highest BCUT2D eigenvalue weighted by Crippen LogP contribution is 2.33. The van der Waals surface area contributed by atoms with E-state index in [0.717, 1.165) is 13.1 Å². The van der Waals surface area contributed by atoms with E-state index in [1.807, 2.05) is 12.1 Å². The van der Waals surface area contributed by atoms with Crippen molar-refractivity contribution < 1.29 is 4.39 Å². The van der Waals surface area contributed by atoms with Crippen LogP contribution < -0.4 is 5.32 Å². The summed E-state index contributed by atoms with van der Waals surface area (Å²) in [5.41, 5.74) is 0.171. The Morgan fingerprint density at radius 3 is 2.82 bits per heavy atom. The van der Waals surface area contributed by atoms with Gasteiger partial charge < -0.3 is 5.32 Å². The van der Waals surface area contributed by atoms with Crippen molar-refractivity contribution in [3.63, 3.8) is 0 Å². The van der Waals surface area contributed by atoms with Gasteiger partial charge in [-0.2, -0.15) is 0 Å². The normalized spacial score (nSPS) is 19.6. The monoisotopic (exact) mass is 249 g/mol. The lowest BCUT2D eigenvalue weighted by atomic mass is 9.88. The molecule has 0 amide bonds. The van der Waals surface area contributed by atoms with E-state index in [2.05, 4.69) is 22.8 Å². The van der Waals surface area contributed by atoms with Crippen molar-refractivity contribution in [3.05, 3.63) is 35.2 Å². The number of thiophene rings is 1. The molecule has 3 heteroatoms. The van der Waals surface area contributed by atoms with Gasteiger partial charge in [0.1, 0.15) is 5.67 Å². The fourth-order valence-electron chi connectivity index (χ4n) is 2.56. The summed E-state index contributed by atoms with van der Waals surface area (Å²) in [6.45, 7) is 1.61. The van der Waals surface area contributed by atoms with E-state index in [0.29, 0.717) is 19.3 Å². The molecule has 0 aliphatic carbocycles. The molecule has 1 nitrogen and oxygen atoms in total. The standard InChI is InChI=1S/C14H16FNS/c15-14(5-7-16-8-6-14)9-11-10-17-13-4-2-1-3-12(11)13/h1-4,10,16H,5-9H2. The second kappa shape index (κ2) is 4.39. The van der Waals surface area contributed by atoms with Gasteiger partial charge in [-0.1, -0.05) is 18.2 Å². The molecule has 0 atom stereocenters. The van der Waals surface area contributed by atoms with Gasteiger partial charge in [0.15, 0.2) is 0 Å². The van der Waals surface area contributed by atoms with E-state index in [1.54, 1.807) is 11.3 Å². The molecule has 1 aliphatic rings. The molecule has 2 heterocycles. The van der Waals surface area contributed by atoms with E-state index in [-0.39, 0.29) is 0 Å². The van der Waals surface area contributed by atoms with Gasteiger partial charge in [0.25, 0.3) is 0 Å². The highest BCUT2D eigenvalue weighted by atomic mass is 32.1. The number of halogens is 1. The lowest BCUT2D eigenvalue weighted by Gasteiger charge is -2.29. The summed E-state index contributed by atoms with van der Waals surface area (Å²) in [4.78, 5) is 0. The van der Waals surface area contributed by atoms with Crippen LogP contribution in [0.5, 0.6) is 0 Å². The minimum Gasteiger partial charge on any atom is -0.316 e. The minimum atomic E-state index is -1.00. The summed E-state index contributed by atoms with van der Waals surface area (Å²) < 4.78 is 15.9. The Morgan fingerprint density at radius 2 is 2.00 bits per heavy atom. The molecule has 90 valence electrons. The third-order valence-electron chi connectivity index (χ3n) is 3.57. The van der Waals surface area contributed by atoms with Crippen LogP contribution in [0, 0.1) is 0 Å². The lowest BCUT2D eigenvalue weighted by Crippen LogP contribution is -2.40. The largest absolute Gasteiger partial charge is 0.316 e. The zero-order chi connectivity index (χ0) is 11.7. The van der Waals surface area contributed by atoms with Gasteiger partial charge in [-0.15, -0.1) is 11.3 Å². The van der Waals surface area contributed by atoms with Crippen LogP contribution in [0.15, 0.2) is 29.6 Å². The molecule has 1 aromatic heterocycles. The van der Waals surface area contributed by atoms with Gasteiger partial charge in [0.05, 0.1) is 0 Å². The summed E-state index contributed by atoms with van der Waals surface area (Å²) in [5.74, 6) is 0. The molecule has 0 radical (unpaired) electrons. The molecule has 2 aromatic rings. The molecule has 0 unspecified atom stereocenters. The molecule has 0 bridgehead atoms. The Bertz CT molecular complexity index is 514. The second-order valence-electron chi connectivity index (χ2n) is 4.83. The molecule has 1 aliphatic heterocycles. The molecule has 1 saturated heterocycles. The zero-order valence-corrected chi connectivity index (χ0v) is 10.5. The van der Waals surface area contributed by atoms with Crippen LogP contribution in [0.3, 0.4) is 0 Å². The van der Waals surface area contributed by atoms with Crippen molar-refractivity contribution in [2.75, 3.05) is 13.1 Å². The van der Waals surface area contributed by atoms with Crippen LogP contribution in [0.1, 0.15) is 18.4 Å². The van der Waals surface area contributed by atoms with Crippen LogP contribution in [0.4, 0.5) is 4.39 Å². The van der Waals surface area contributed by atoms with Crippen molar-refractivity contribution in [1.29, 1.82) is 0 Å². The SMILES string of the molecule is FC1(Cc2csc3ccccc23)CCNCC1. The molecular formula is C14H16FNS. The maximum Gasteiger partial charge on any atom is 0.117 e. The van der Waals surface area contributed by atoms with Gasteiger partial charge in [-0.3, -0.25) is 0 Å². The molecule has 1 N–H and O–H groups in total. The maximum atomic E-state index is 14.6. The molecule has 0 saturated carbocycles. The van der Waals surface area contributed by atoms with Crippen LogP contribution >= 0.6 is 11.3 Å². The van der Waals surface area contributed by atoms with E-state index < -0.39 is 5.67 Å². The van der Waals surface area contributed by atoms with Gasteiger partial charge in [0.2, 0.25) is 0 Å². The predicted molar refractivity (Wildman–Crippen MR) is 71.5 cm³/mol. The average Bonchev–Trinajstić information content (AvgIpc) is 2.73. The van der Waals surface area contributed by atoms with Gasteiger partial charge in [-0.25, -0.2) is 4.39 Å².